The average Bonchev–Trinajstić information content (AvgIpc) is 2.09. The SMILES string of the molecule is O=Nc1c(C(=O)O)ccc(O)c1O. The van der Waals surface area contributed by atoms with Crippen molar-refractivity contribution < 1.29 is 20.1 Å². The summed E-state index contributed by atoms with van der Waals surface area (Å²) in [4.78, 5) is 20.6. The van der Waals surface area contributed by atoms with E-state index in [4.69, 9.17) is 15.3 Å². The van der Waals surface area contributed by atoms with Crippen molar-refractivity contribution in [2.75, 3.05) is 0 Å². The lowest BCUT2D eigenvalue weighted by molar-refractivity contribution is 0.0697. The molecule has 0 fully saturated rings. The lowest BCUT2D eigenvalue weighted by Crippen LogP contribution is -1.96. The Labute approximate surface area is 72.0 Å². The van der Waals surface area contributed by atoms with Gasteiger partial charge in [-0.15, -0.1) is 4.91 Å². The van der Waals surface area contributed by atoms with Crippen LogP contribution in [0.5, 0.6) is 11.5 Å². The zero-order chi connectivity index (χ0) is 10.0. The van der Waals surface area contributed by atoms with Gasteiger partial charge < -0.3 is 15.3 Å². The van der Waals surface area contributed by atoms with E-state index in [1.165, 1.54) is 0 Å². The second-order valence-electron chi connectivity index (χ2n) is 2.23. The molecule has 0 heterocycles. The number of carbonyl (C=O) groups is 1. The summed E-state index contributed by atoms with van der Waals surface area (Å²) >= 11 is 0. The minimum Gasteiger partial charge on any atom is -0.504 e. The molecule has 0 saturated heterocycles. The lowest BCUT2D eigenvalue weighted by atomic mass is 10.1. The Hall–Kier alpha value is -2.11. The van der Waals surface area contributed by atoms with Crippen molar-refractivity contribution in [1.29, 1.82) is 0 Å². The van der Waals surface area contributed by atoms with Gasteiger partial charge in [-0.1, -0.05) is 0 Å². The molecule has 0 aliphatic heterocycles. The molecule has 6 nitrogen and oxygen atoms in total. The van der Waals surface area contributed by atoms with Crippen molar-refractivity contribution in [1.82, 2.24) is 0 Å². The van der Waals surface area contributed by atoms with Gasteiger partial charge in [0.15, 0.2) is 17.2 Å². The zero-order valence-corrected chi connectivity index (χ0v) is 6.26. The molecule has 1 aromatic rings. The Morgan fingerprint density at radius 3 is 2.38 bits per heavy atom. The average molecular weight is 183 g/mol. The summed E-state index contributed by atoms with van der Waals surface area (Å²) in [7, 11) is 0. The standard InChI is InChI=1S/C7H5NO5/c9-4-2-1-3(7(11)12)5(8-13)6(4)10/h1-2,9-10H,(H,11,12). The van der Waals surface area contributed by atoms with Crippen LogP contribution in [0.25, 0.3) is 0 Å². The first-order valence-corrected chi connectivity index (χ1v) is 3.19. The smallest absolute Gasteiger partial charge is 0.338 e. The molecule has 0 aliphatic carbocycles. The summed E-state index contributed by atoms with van der Waals surface area (Å²) in [5.74, 6) is -2.81. The Bertz CT molecular complexity index is 373. The van der Waals surface area contributed by atoms with Gasteiger partial charge in [-0.05, 0) is 17.3 Å². The first kappa shape index (κ1) is 8.98. The first-order valence-electron chi connectivity index (χ1n) is 3.19. The molecule has 3 N–H and O–H groups in total. The predicted molar refractivity (Wildman–Crippen MR) is 42.2 cm³/mol. The van der Waals surface area contributed by atoms with Crippen LogP contribution in [0.2, 0.25) is 0 Å². The summed E-state index contributed by atoms with van der Waals surface area (Å²) in [6.07, 6.45) is 0. The van der Waals surface area contributed by atoms with Gasteiger partial charge in [0.25, 0.3) is 0 Å². The van der Waals surface area contributed by atoms with Gasteiger partial charge in [0.05, 0.1) is 5.56 Å². The van der Waals surface area contributed by atoms with E-state index < -0.39 is 28.7 Å². The molecule has 1 rings (SSSR count). The molecule has 68 valence electrons. The predicted octanol–water partition coefficient (Wildman–Crippen LogP) is 1.19. The molecule has 0 atom stereocenters. The fraction of sp³-hybridized carbons (Fsp3) is 0. The van der Waals surface area contributed by atoms with E-state index in [1.54, 1.807) is 0 Å². The number of aromatic carboxylic acids is 1. The van der Waals surface area contributed by atoms with Gasteiger partial charge >= 0.3 is 5.97 Å². The van der Waals surface area contributed by atoms with Crippen LogP contribution in [0.15, 0.2) is 17.3 Å². The van der Waals surface area contributed by atoms with Crippen LogP contribution in [0, 0.1) is 4.91 Å². The van der Waals surface area contributed by atoms with Crippen LogP contribution in [0.1, 0.15) is 10.4 Å². The van der Waals surface area contributed by atoms with Crippen molar-refractivity contribution in [3.05, 3.63) is 22.6 Å². The molecule has 0 unspecified atom stereocenters. The number of hydrogen-bond acceptors (Lipinski definition) is 5. The Balaban J connectivity index is 3.47. The number of carboxylic acids is 1. The molecule has 1 aromatic carbocycles. The van der Waals surface area contributed by atoms with Crippen LogP contribution in [0.3, 0.4) is 0 Å². The Kier molecular flexibility index (Phi) is 2.14. The highest BCUT2D eigenvalue weighted by Gasteiger charge is 2.17. The molecule has 0 spiro atoms. The first-order chi connectivity index (χ1) is 6.07. The van der Waals surface area contributed by atoms with Crippen molar-refractivity contribution in [3.63, 3.8) is 0 Å². The van der Waals surface area contributed by atoms with E-state index in [0.717, 1.165) is 12.1 Å². The third kappa shape index (κ3) is 1.41. The Morgan fingerprint density at radius 1 is 1.31 bits per heavy atom. The van der Waals surface area contributed by atoms with Crippen LogP contribution in [-0.4, -0.2) is 21.3 Å². The van der Waals surface area contributed by atoms with E-state index in [9.17, 15) is 9.70 Å². The van der Waals surface area contributed by atoms with Crippen molar-refractivity contribution in [3.8, 4) is 11.5 Å². The molecule has 0 saturated carbocycles. The minimum atomic E-state index is -1.40. The van der Waals surface area contributed by atoms with Gasteiger partial charge in [0.2, 0.25) is 0 Å². The Morgan fingerprint density at radius 2 is 1.92 bits per heavy atom. The second-order valence-corrected chi connectivity index (χ2v) is 2.23. The quantitative estimate of drug-likeness (QED) is 0.471. The van der Waals surface area contributed by atoms with Crippen molar-refractivity contribution >= 4 is 11.7 Å². The monoisotopic (exact) mass is 183 g/mol. The number of carboxylic acid groups (broad SMARTS) is 1. The molecule has 0 amide bonds. The van der Waals surface area contributed by atoms with Crippen molar-refractivity contribution in [2.45, 2.75) is 0 Å². The lowest BCUT2D eigenvalue weighted by Gasteiger charge is -2.01. The normalized spacial score (nSPS) is 9.54. The number of rotatable bonds is 2. The number of aromatic hydroxyl groups is 2. The highest BCUT2D eigenvalue weighted by molar-refractivity contribution is 5.95. The van der Waals surface area contributed by atoms with Gasteiger partial charge in [0, 0.05) is 0 Å². The highest BCUT2D eigenvalue weighted by Crippen LogP contribution is 2.37. The number of nitroso groups, excluding NO2 is 1. The molecule has 0 radical (unpaired) electrons. The minimum absolute atomic E-state index is 0.453. The van der Waals surface area contributed by atoms with Crippen molar-refractivity contribution in [2.24, 2.45) is 5.18 Å². The molecule has 0 bridgehead atoms. The fourth-order valence-corrected chi connectivity index (χ4v) is 0.834. The van der Waals surface area contributed by atoms with E-state index in [1.807, 2.05) is 0 Å². The van der Waals surface area contributed by atoms with E-state index in [-0.39, 0.29) is 0 Å². The molecule has 0 aliphatic rings. The maximum Gasteiger partial charge on any atom is 0.338 e. The second kappa shape index (κ2) is 3.10. The van der Waals surface area contributed by atoms with Crippen LogP contribution >= 0.6 is 0 Å². The zero-order valence-electron chi connectivity index (χ0n) is 6.26. The van der Waals surface area contributed by atoms with Gasteiger partial charge in [-0.3, -0.25) is 0 Å². The molecule has 0 aromatic heterocycles. The topological polar surface area (TPSA) is 107 Å². The molecular weight excluding hydrogens is 178 g/mol. The van der Waals surface area contributed by atoms with Gasteiger partial charge in [0.1, 0.15) is 0 Å². The highest BCUT2D eigenvalue weighted by atomic mass is 16.4. The van der Waals surface area contributed by atoms with Crippen LogP contribution < -0.4 is 0 Å². The number of hydrogen-bond donors (Lipinski definition) is 3. The largest absolute Gasteiger partial charge is 0.504 e. The number of nitrogens with zero attached hydrogens (tertiary/aromatic N) is 1. The number of phenols is 2. The molecule has 13 heavy (non-hydrogen) atoms. The third-order valence-electron chi connectivity index (χ3n) is 1.45. The number of benzene rings is 1. The summed E-state index contributed by atoms with van der Waals surface area (Å²) in [5.41, 5.74) is -1.13. The molecular formula is C7H5NO5. The van der Waals surface area contributed by atoms with E-state index >= 15 is 0 Å². The molecule has 6 heteroatoms. The third-order valence-corrected chi connectivity index (χ3v) is 1.45. The van der Waals surface area contributed by atoms with E-state index in [2.05, 4.69) is 5.18 Å². The summed E-state index contributed by atoms with van der Waals surface area (Å²) in [6.45, 7) is 0. The maximum atomic E-state index is 10.5. The van der Waals surface area contributed by atoms with Crippen LogP contribution in [-0.2, 0) is 0 Å². The fourth-order valence-electron chi connectivity index (χ4n) is 0.834. The van der Waals surface area contributed by atoms with Crippen LogP contribution in [0.4, 0.5) is 5.69 Å². The summed E-state index contributed by atoms with van der Waals surface area (Å²) in [5, 5.41) is 28.7. The maximum absolute atomic E-state index is 10.5. The van der Waals surface area contributed by atoms with Gasteiger partial charge in [-0.2, -0.15) is 0 Å². The summed E-state index contributed by atoms with van der Waals surface area (Å²) in [6, 6.07) is 1.95. The summed E-state index contributed by atoms with van der Waals surface area (Å²) < 4.78 is 0. The van der Waals surface area contributed by atoms with Gasteiger partial charge in [-0.25, -0.2) is 4.79 Å². The van der Waals surface area contributed by atoms with E-state index in [0.29, 0.717) is 0 Å². The number of phenolic OH excluding ortho intramolecular Hbond substituents is 2.